The molecule has 0 bridgehead atoms. The van der Waals surface area contributed by atoms with Gasteiger partial charge < -0.3 is 0 Å². The maximum absolute atomic E-state index is 11.4. The molecule has 13 heavy (non-hydrogen) atoms. The minimum Gasteiger partial charge on any atom is -0.230 e. The lowest BCUT2D eigenvalue weighted by atomic mass is 15.7. The Hall–Kier alpha value is 1.18. The zero-order valence-electron chi connectivity index (χ0n) is 5.28. The van der Waals surface area contributed by atoms with Crippen molar-refractivity contribution < 1.29 is 38.1 Å². The first-order valence-corrected chi connectivity index (χ1v) is 6.33. The van der Waals surface area contributed by atoms with Crippen LogP contribution in [0, 0.1) is 0 Å². The van der Waals surface area contributed by atoms with E-state index < -0.39 is 34.9 Å². The Balaban J connectivity index is 3.87. The van der Waals surface area contributed by atoms with Crippen LogP contribution in [0.1, 0.15) is 0 Å². The van der Waals surface area contributed by atoms with E-state index in [4.69, 9.17) is 0 Å². The smallest absolute Gasteiger partial charge is 0.230 e. The van der Waals surface area contributed by atoms with Crippen molar-refractivity contribution in [3.63, 3.8) is 0 Å². The normalized spacial score (nSPS) is 12.5. The van der Waals surface area contributed by atoms with Crippen molar-refractivity contribution in [2.75, 3.05) is 0 Å². The van der Waals surface area contributed by atoms with Crippen LogP contribution >= 0.6 is 34.9 Å². The highest BCUT2D eigenvalue weighted by Gasteiger charge is 2.29. The zero-order chi connectivity index (χ0) is 10.4. The Labute approximate surface area is 74.0 Å². The largest absolute Gasteiger partial charge is 0.422 e. The van der Waals surface area contributed by atoms with E-state index in [2.05, 4.69) is 12.9 Å². The highest BCUT2D eigenvalue weighted by Crippen LogP contribution is 2.68. The second-order valence-electron chi connectivity index (χ2n) is 1.07. The maximum atomic E-state index is 11.4. The first kappa shape index (κ1) is 14.2. The summed E-state index contributed by atoms with van der Waals surface area (Å²) in [6.45, 7) is 0. The van der Waals surface area contributed by atoms with Gasteiger partial charge in [0.1, 0.15) is 0 Å². The molecule has 80 valence electrons. The van der Waals surface area contributed by atoms with E-state index in [1.54, 1.807) is 0 Å². The van der Waals surface area contributed by atoms with E-state index in [-0.39, 0.29) is 0 Å². The summed E-state index contributed by atoms with van der Waals surface area (Å²) in [5, 5.41) is 0. The lowest BCUT2D eigenvalue weighted by Gasteiger charge is -2.11. The van der Waals surface area contributed by atoms with Crippen LogP contribution in [-0.4, -0.2) is 0 Å². The third-order valence-corrected chi connectivity index (χ3v) is 3.47. The van der Waals surface area contributed by atoms with E-state index in [1.165, 1.54) is 0 Å². The molecule has 0 saturated heterocycles. The van der Waals surface area contributed by atoms with Crippen molar-refractivity contribution in [1.29, 1.82) is 0 Å². The lowest BCUT2D eigenvalue weighted by Crippen LogP contribution is -1.78. The predicted octanol–water partition coefficient (Wildman–Crippen LogP) is 5.76. The molecule has 0 radical (unpaired) electrons. The first-order valence-electron chi connectivity index (χ1n) is 2.11. The maximum Gasteiger partial charge on any atom is 0.422 e. The Kier molecular flexibility index (Phi) is 8.15. The van der Waals surface area contributed by atoms with Gasteiger partial charge in [0.2, 0.25) is 0 Å². The third-order valence-electron chi connectivity index (χ3n) is 0.385. The van der Waals surface area contributed by atoms with Gasteiger partial charge in [-0.25, -0.2) is 12.9 Å². The predicted molar refractivity (Wildman–Crippen MR) is 37.6 cm³/mol. The highest BCUT2D eigenvalue weighted by atomic mass is 31.3. The van der Waals surface area contributed by atoms with E-state index in [9.17, 15) is 25.2 Å². The van der Waals surface area contributed by atoms with Crippen LogP contribution in [0.5, 0.6) is 0 Å². The number of hydrogen-bond donors (Lipinski definition) is 0. The molecule has 13 heteroatoms. The summed E-state index contributed by atoms with van der Waals surface area (Å²) in [4.78, 5) is 0. The molecule has 0 spiro atoms. The molecule has 0 aromatic carbocycles. The van der Waals surface area contributed by atoms with Gasteiger partial charge >= 0.3 is 34.9 Å². The van der Waals surface area contributed by atoms with Gasteiger partial charge in [-0.2, -0.15) is 25.2 Å². The van der Waals surface area contributed by atoms with Crippen LogP contribution in [0.3, 0.4) is 0 Å². The third kappa shape index (κ3) is 9.48. The summed E-state index contributed by atoms with van der Waals surface area (Å²) < 4.78 is 78.3. The van der Waals surface area contributed by atoms with Crippen molar-refractivity contribution >= 4 is 34.9 Å². The van der Waals surface area contributed by atoms with Crippen LogP contribution < -0.4 is 0 Å². The standard InChI is InChI=1S/F6O3P4/c1-10(2)7-13(8-11(3)4)9-12(5)6. The molecule has 0 aliphatic rings. The minimum absolute atomic E-state index is 3.30. The molecule has 0 saturated carbocycles. The van der Waals surface area contributed by atoms with Gasteiger partial charge in [-0.15, -0.1) is 0 Å². The molecule has 0 rings (SSSR count). The molecule has 0 fully saturated rings. The number of hydrogen-bond acceptors (Lipinski definition) is 3. The Morgan fingerprint density at radius 2 is 0.769 bits per heavy atom. The average Bonchev–Trinajstić information content (AvgIpc) is 1.80. The van der Waals surface area contributed by atoms with Crippen molar-refractivity contribution in [3.05, 3.63) is 0 Å². The van der Waals surface area contributed by atoms with Crippen LogP contribution in [-0.2, 0) is 12.9 Å². The number of rotatable bonds is 6. The first-order chi connectivity index (χ1) is 5.91. The second-order valence-corrected chi connectivity index (χ2v) is 4.69. The monoisotopic (exact) mass is 286 g/mol. The molecular weight excluding hydrogens is 286 g/mol. The van der Waals surface area contributed by atoms with Gasteiger partial charge in [-0.1, -0.05) is 0 Å². The fourth-order valence-corrected chi connectivity index (χ4v) is 2.57. The van der Waals surface area contributed by atoms with Gasteiger partial charge in [0, 0.05) is 0 Å². The van der Waals surface area contributed by atoms with Crippen molar-refractivity contribution in [1.82, 2.24) is 0 Å². The molecule has 0 aromatic heterocycles. The zero-order valence-corrected chi connectivity index (χ0v) is 8.86. The van der Waals surface area contributed by atoms with Crippen LogP contribution in [0.25, 0.3) is 0 Å². The summed E-state index contributed by atoms with van der Waals surface area (Å²) in [5.41, 5.74) is 0. The second kappa shape index (κ2) is 7.47. The molecule has 0 N–H and O–H groups in total. The fourth-order valence-electron chi connectivity index (χ4n) is 0.196. The van der Waals surface area contributed by atoms with Crippen molar-refractivity contribution in [3.8, 4) is 0 Å². The van der Waals surface area contributed by atoms with Crippen LogP contribution in [0.4, 0.5) is 25.2 Å². The average molecular weight is 286 g/mol. The van der Waals surface area contributed by atoms with Crippen LogP contribution in [0.15, 0.2) is 0 Å². The fraction of sp³-hybridized carbons (Fsp3) is 0. The Morgan fingerprint density at radius 3 is 0.923 bits per heavy atom. The van der Waals surface area contributed by atoms with E-state index in [0.717, 1.165) is 0 Å². The van der Waals surface area contributed by atoms with Gasteiger partial charge in [-0.3, -0.25) is 0 Å². The molecule has 3 nitrogen and oxygen atoms in total. The summed E-state index contributed by atoms with van der Waals surface area (Å²) in [6, 6.07) is 0. The van der Waals surface area contributed by atoms with Gasteiger partial charge in [-0.05, 0) is 0 Å². The number of halogens is 6. The summed E-state index contributed by atoms with van der Waals surface area (Å²) >= 11 is 0. The van der Waals surface area contributed by atoms with Gasteiger partial charge in [0.25, 0.3) is 0 Å². The summed E-state index contributed by atoms with van der Waals surface area (Å²) in [5.74, 6) is 0. The van der Waals surface area contributed by atoms with E-state index >= 15 is 0 Å². The Morgan fingerprint density at radius 1 is 0.538 bits per heavy atom. The molecular formula is F6O3P4. The highest BCUT2D eigenvalue weighted by molar-refractivity contribution is 7.65. The van der Waals surface area contributed by atoms with Crippen LogP contribution in [0.2, 0.25) is 0 Å². The molecule has 0 aliphatic carbocycles. The minimum atomic E-state index is -4.07. The molecule has 0 amide bonds. The van der Waals surface area contributed by atoms with E-state index in [1.807, 2.05) is 0 Å². The molecule has 0 aliphatic heterocycles. The molecule has 0 aromatic rings. The molecule has 0 atom stereocenters. The van der Waals surface area contributed by atoms with Crippen molar-refractivity contribution in [2.24, 2.45) is 0 Å². The van der Waals surface area contributed by atoms with Gasteiger partial charge in [0.05, 0.1) is 0 Å². The summed E-state index contributed by atoms with van der Waals surface area (Å²) in [6.07, 6.45) is 0. The molecule has 0 unspecified atom stereocenters. The summed E-state index contributed by atoms with van der Waals surface area (Å²) in [7, 11) is -15.5. The molecule has 0 heterocycles. The topological polar surface area (TPSA) is 27.7 Å². The van der Waals surface area contributed by atoms with Gasteiger partial charge in [0.15, 0.2) is 0 Å². The SMILES string of the molecule is FP(F)OP(OP(F)F)OP(F)F. The lowest BCUT2D eigenvalue weighted by molar-refractivity contribution is 0.371. The quantitative estimate of drug-likeness (QED) is 0.458. The van der Waals surface area contributed by atoms with Crippen molar-refractivity contribution in [2.45, 2.75) is 0 Å². The van der Waals surface area contributed by atoms with E-state index in [0.29, 0.717) is 0 Å². The Bertz CT molecular complexity index is 107.